The maximum absolute atomic E-state index is 13.3. The van der Waals surface area contributed by atoms with Crippen molar-refractivity contribution in [2.45, 2.75) is 48.3 Å². The van der Waals surface area contributed by atoms with Gasteiger partial charge in [-0.25, -0.2) is 4.79 Å². The molecule has 3 saturated heterocycles. The van der Waals surface area contributed by atoms with E-state index >= 15 is 0 Å². The number of fused-ring (bicyclic) bond motifs is 1. The summed E-state index contributed by atoms with van der Waals surface area (Å²) in [5, 5.41) is -1.81. The van der Waals surface area contributed by atoms with E-state index in [2.05, 4.69) is 4.74 Å². The minimum absolute atomic E-state index is 0.0527. The van der Waals surface area contributed by atoms with Gasteiger partial charge in [-0.2, -0.15) is 30.0 Å². The van der Waals surface area contributed by atoms with E-state index in [9.17, 15) is 39.6 Å². The number of hydrogen-bond acceptors (Lipinski definition) is 10. The molecule has 1 N–H and O–H groups in total. The average molecular weight is 560 g/mol. The quantitative estimate of drug-likeness (QED) is 0.161. The molecular formula is C18H14B3F3O11S2. The van der Waals surface area contributed by atoms with Crippen molar-refractivity contribution >= 4 is 66.6 Å². The van der Waals surface area contributed by atoms with Crippen molar-refractivity contribution in [2.24, 2.45) is 5.92 Å². The van der Waals surface area contributed by atoms with Crippen LogP contribution in [0.5, 0.6) is 0 Å². The molecule has 19 heteroatoms. The summed E-state index contributed by atoms with van der Waals surface area (Å²) in [6.45, 7) is 0. The number of ether oxygens (including phenoxy) is 3. The lowest BCUT2D eigenvalue weighted by Gasteiger charge is -2.29. The maximum Gasteiger partial charge on any atom is 0.426 e. The van der Waals surface area contributed by atoms with E-state index in [0.29, 0.717) is 0 Å². The number of carbonyl (C=O) groups excluding carboxylic acids is 2. The molecule has 3 aliphatic rings. The lowest BCUT2D eigenvalue weighted by molar-refractivity contribution is -0.218. The first-order valence-electron chi connectivity index (χ1n) is 10.3. The fraction of sp³-hybridized carbons (Fsp3) is 0.556. The summed E-state index contributed by atoms with van der Waals surface area (Å²) in [4.78, 5) is 25.7. The lowest BCUT2D eigenvalue weighted by Crippen LogP contribution is -2.52. The SMILES string of the molecule is [B]Cc1c([B])cc([B])cc1C(=O)OC1C2OS(=O)(=O)C3C2OC1C3C(=O)OC(CS(=O)(=O)O)C(F)(F)F. The summed E-state index contributed by atoms with van der Waals surface area (Å²) < 4.78 is 116. The van der Waals surface area contributed by atoms with Crippen LogP contribution in [0.1, 0.15) is 15.9 Å². The van der Waals surface area contributed by atoms with Crippen molar-refractivity contribution < 1.29 is 62.5 Å². The summed E-state index contributed by atoms with van der Waals surface area (Å²) in [7, 11) is 7.25. The predicted molar refractivity (Wildman–Crippen MR) is 118 cm³/mol. The van der Waals surface area contributed by atoms with Crippen LogP contribution < -0.4 is 10.9 Å². The topological polar surface area (TPSA) is 160 Å². The minimum Gasteiger partial charge on any atom is -0.453 e. The van der Waals surface area contributed by atoms with Crippen molar-refractivity contribution in [2.75, 3.05) is 5.75 Å². The molecule has 2 bridgehead atoms. The molecule has 6 radical (unpaired) electrons. The molecule has 37 heavy (non-hydrogen) atoms. The second kappa shape index (κ2) is 9.29. The molecule has 11 nitrogen and oxygen atoms in total. The molecule has 194 valence electrons. The van der Waals surface area contributed by atoms with Crippen LogP contribution in [0, 0.1) is 5.92 Å². The van der Waals surface area contributed by atoms with Gasteiger partial charge in [0.1, 0.15) is 50.9 Å². The fourth-order valence-electron chi connectivity index (χ4n) is 4.65. The van der Waals surface area contributed by atoms with E-state index in [4.69, 9.17) is 41.7 Å². The Morgan fingerprint density at radius 3 is 2.38 bits per heavy atom. The molecule has 0 saturated carbocycles. The third kappa shape index (κ3) is 5.15. The largest absolute Gasteiger partial charge is 0.453 e. The molecule has 3 heterocycles. The number of hydrogen-bond donors (Lipinski definition) is 1. The van der Waals surface area contributed by atoms with Crippen LogP contribution in [0.25, 0.3) is 0 Å². The first-order chi connectivity index (χ1) is 16.9. The number of esters is 2. The minimum atomic E-state index is -5.44. The summed E-state index contributed by atoms with van der Waals surface area (Å²) >= 11 is 0. The van der Waals surface area contributed by atoms with Gasteiger partial charge in [-0.15, -0.1) is 0 Å². The van der Waals surface area contributed by atoms with Gasteiger partial charge in [0.25, 0.3) is 20.2 Å². The molecule has 1 aromatic carbocycles. The maximum atomic E-state index is 13.3. The normalized spacial score (nSPS) is 30.7. The lowest BCUT2D eigenvalue weighted by atomic mass is 9.77. The molecule has 1 aromatic rings. The van der Waals surface area contributed by atoms with Gasteiger partial charge in [0.2, 0.25) is 6.10 Å². The van der Waals surface area contributed by atoms with E-state index in [1.165, 1.54) is 12.1 Å². The molecule has 7 unspecified atom stereocenters. The Morgan fingerprint density at radius 2 is 1.81 bits per heavy atom. The zero-order valence-electron chi connectivity index (χ0n) is 18.3. The van der Waals surface area contributed by atoms with E-state index in [0.717, 1.165) is 0 Å². The van der Waals surface area contributed by atoms with Crippen LogP contribution in [0.3, 0.4) is 0 Å². The highest BCUT2D eigenvalue weighted by Gasteiger charge is 2.74. The fourth-order valence-corrected chi connectivity index (χ4v) is 7.12. The Balaban J connectivity index is 1.64. The van der Waals surface area contributed by atoms with Crippen molar-refractivity contribution in [3.8, 4) is 0 Å². The number of alkyl halides is 3. The number of benzene rings is 1. The zero-order valence-corrected chi connectivity index (χ0v) is 20.0. The number of rotatable bonds is 7. The zero-order chi connectivity index (χ0) is 27.7. The average Bonchev–Trinajstić information content (AvgIpc) is 3.33. The van der Waals surface area contributed by atoms with Crippen LogP contribution in [-0.2, 0) is 49.7 Å². The third-order valence-electron chi connectivity index (χ3n) is 6.13. The van der Waals surface area contributed by atoms with Crippen LogP contribution >= 0.6 is 0 Å². The molecule has 3 aliphatic heterocycles. The van der Waals surface area contributed by atoms with E-state index < -0.39 is 85.8 Å². The molecule has 3 fully saturated rings. The molecule has 4 rings (SSSR count). The third-order valence-corrected chi connectivity index (χ3v) is 8.57. The summed E-state index contributed by atoms with van der Waals surface area (Å²) in [5.41, 5.74) is 0.0564. The second-order valence-corrected chi connectivity index (χ2v) is 11.8. The molecule has 7 atom stereocenters. The predicted octanol–water partition coefficient (Wildman–Crippen LogP) is -2.68. The van der Waals surface area contributed by atoms with Crippen LogP contribution in [0.15, 0.2) is 12.1 Å². The number of carbonyl (C=O) groups is 2. The van der Waals surface area contributed by atoms with Gasteiger partial charge in [-0.1, -0.05) is 29.4 Å². The van der Waals surface area contributed by atoms with Gasteiger partial charge in [0.05, 0.1) is 13.4 Å². The van der Waals surface area contributed by atoms with Crippen molar-refractivity contribution in [3.05, 3.63) is 23.3 Å². The van der Waals surface area contributed by atoms with Crippen molar-refractivity contribution in [1.82, 2.24) is 0 Å². The van der Waals surface area contributed by atoms with Gasteiger partial charge >= 0.3 is 18.1 Å². The van der Waals surface area contributed by atoms with Gasteiger partial charge in [0, 0.05) is 0 Å². The van der Waals surface area contributed by atoms with Crippen LogP contribution in [0.4, 0.5) is 13.2 Å². The molecule has 0 spiro atoms. The highest BCUT2D eigenvalue weighted by Crippen LogP contribution is 2.51. The number of halogens is 3. The monoisotopic (exact) mass is 560 g/mol. The highest BCUT2D eigenvalue weighted by molar-refractivity contribution is 7.87. The van der Waals surface area contributed by atoms with Crippen LogP contribution in [0.2, 0.25) is 0 Å². The molecule has 0 aliphatic carbocycles. The Hall–Kier alpha value is -2.08. The van der Waals surface area contributed by atoms with Gasteiger partial charge in [-0.3, -0.25) is 13.5 Å². The summed E-state index contributed by atoms with van der Waals surface area (Å²) in [6.07, 6.45) is -15.1. The van der Waals surface area contributed by atoms with Crippen molar-refractivity contribution in [1.29, 1.82) is 0 Å². The van der Waals surface area contributed by atoms with Crippen LogP contribution in [-0.4, -0.2) is 105 Å². The summed E-state index contributed by atoms with van der Waals surface area (Å²) in [6, 6.07) is 2.51. The second-order valence-electron chi connectivity index (χ2n) is 8.54. The van der Waals surface area contributed by atoms with E-state index in [1.54, 1.807) is 0 Å². The molecular weight excluding hydrogens is 546 g/mol. The summed E-state index contributed by atoms with van der Waals surface area (Å²) in [5.74, 6) is -6.94. The van der Waals surface area contributed by atoms with Gasteiger partial charge in [0.15, 0.2) is 6.10 Å². The van der Waals surface area contributed by atoms with Gasteiger partial charge < -0.3 is 14.2 Å². The van der Waals surface area contributed by atoms with Gasteiger partial charge in [-0.05, 0) is 5.56 Å². The molecule has 0 aromatic heterocycles. The Labute approximate surface area is 212 Å². The van der Waals surface area contributed by atoms with E-state index in [1.807, 2.05) is 0 Å². The Kier molecular flexibility index (Phi) is 7.02. The highest BCUT2D eigenvalue weighted by atomic mass is 32.2. The standard InChI is InChI=1S/C18H14B3F3O11S2/c19-3-7-6(1-5(20)2-8(7)21)16(25)34-12-11-10(15-14(33-11)13(12)35-37(15,30)31)17(26)32-9(18(22,23)24)4-36(27,28)29/h1-2,9-15H,3-4H2,(H,27,28,29). The van der Waals surface area contributed by atoms with Crippen molar-refractivity contribution in [3.63, 3.8) is 0 Å². The van der Waals surface area contributed by atoms with E-state index in [-0.39, 0.29) is 28.4 Å². The first-order valence-corrected chi connectivity index (χ1v) is 13.4. The molecule has 0 amide bonds. The smallest absolute Gasteiger partial charge is 0.426 e. The first kappa shape index (κ1) is 27.9. The Morgan fingerprint density at radius 1 is 1.16 bits per heavy atom. The Bertz CT molecular complexity index is 1350.